The van der Waals surface area contributed by atoms with Gasteiger partial charge in [-0.2, -0.15) is 0 Å². The molecule has 6 heteroatoms. The molecule has 3 rings (SSSR count). The van der Waals surface area contributed by atoms with Gasteiger partial charge in [-0.1, -0.05) is 12.1 Å². The first kappa shape index (κ1) is 17.1. The average Bonchev–Trinajstić information content (AvgIpc) is 2.59. The fourth-order valence-corrected chi connectivity index (χ4v) is 3.04. The van der Waals surface area contributed by atoms with Gasteiger partial charge < -0.3 is 26.6 Å². The Labute approximate surface area is 148 Å². The first-order chi connectivity index (χ1) is 12.0. The van der Waals surface area contributed by atoms with Crippen LogP contribution in [0.15, 0.2) is 36.4 Å². The molecule has 5 N–H and O–H groups in total. The molecule has 0 bridgehead atoms. The summed E-state index contributed by atoms with van der Waals surface area (Å²) in [5.41, 5.74) is 16.3. The minimum atomic E-state index is -0.220. The number of hydrogen-bond acceptors (Lipinski definition) is 5. The molecule has 0 unspecified atom stereocenters. The molecule has 2 aromatic carbocycles. The molecule has 1 aliphatic heterocycles. The Morgan fingerprint density at radius 2 is 1.80 bits per heavy atom. The molecule has 0 radical (unpaired) electrons. The van der Waals surface area contributed by atoms with E-state index in [1.165, 1.54) is 0 Å². The summed E-state index contributed by atoms with van der Waals surface area (Å²) in [4.78, 5) is 17.2. The maximum atomic E-state index is 12.7. The summed E-state index contributed by atoms with van der Waals surface area (Å²) in [5.74, 6) is -0.220. The fraction of sp³-hybridized carbons (Fsp3) is 0.316. The lowest BCUT2D eigenvalue weighted by Gasteiger charge is -2.35. The normalized spacial score (nSPS) is 15.2. The van der Waals surface area contributed by atoms with E-state index in [0.29, 0.717) is 22.6 Å². The van der Waals surface area contributed by atoms with Crippen molar-refractivity contribution in [2.75, 3.05) is 54.9 Å². The Morgan fingerprint density at radius 3 is 2.52 bits per heavy atom. The monoisotopic (exact) mass is 339 g/mol. The Balaban J connectivity index is 1.83. The first-order valence-corrected chi connectivity index (χ1v) is 8.45. The van der Waals surface area contributed by atoms with E-state index in [2.05, 4.69) is 22.2 Å². The van der Waals surface area contributed by atoms with Gasteiger partial charge in [-0.15, -0.1) is 0 Å². The zero-order valence-electron chi connectivity index (χ0n) is 14.7. The van der Waals surface area contributed by atoms with Crippen LogP contribution in [0.2, 0.25) is 0 Å². The van der Waals surface area contributed by atoms with Crippen LogP contribution in [-0.2, 0) is 0 Å². The van der Waals surface area contributed by atoms with E-state index in [9.17, 15) is 4.79 Å². The highest BCUT2D eigenvalue weighted by Crippen LogP contribution is 2.28. The zero-order chi connectivity index (χ0) is 18.0. The van der Waals surface area contributed by atoms with Gasteiger partial charge in [0, 0.05) is 37.6 Å². The number of nitrogens with one attached hydrogen (secondary N) is 1. The number of carbonyl (C=O) groups excluding carboxylic acids is 1. The van der Waals surface area contributed by atoms with E-state index < -0.39 is 0 Å². The van der Waals surface area contributed by atoms with E-state index in [4.69, 9.17) is 11.5 Å². The molecule has 132 valence electrons. The molecule has 0 atom stereocenters. The van der Waals surface area contributed by atoms with Gasteiger partial charge in [0.25, 0.3) is 5.91 Å². The summed E-state index contributed by atoms with van der Waals surface area (Å²) in [6, 6.07) is 11.1. The van der Waals surface area contributed by atoms with Crippen molar-refractivity contribution in [3.05, 3.63) is 47.5 Å². The number of amides is 1. The van der Waals surface area contributed by atoms with Gasteiger partial charge in [-0.25, -0.2) is 0 Å². The molecule has 0 saturated carbocycles. The Hall–Kier alpha value is -2.73. The van der Waals surface area contributed by atoms with Crippen molar-refractivity contribution in [1.29, 1.82) is 0 Å². The number of aryl methyl sites for hydroxylation is 1. The lowest BCUT2D eigenvalue weighted by molar-refractivity contribution is 0.102. The second-order valence-corrected chi connectivity index (χ2v) is 6.56. The highest BCUT2D eigenvalue weighted by Gasteiger charge is 2.20. The van der Waals surface area contributed by atoms with Crippen LogP contribution in [0, 0.1) is 6.92 Å². The van der Waals surface area contributed by atoms with Crippen LogP contribution in [-0.4, -0.2) is 44.0 Å². The lowest BCUT2D eigenvalue weighted by Crippen LogP contribution is -2.44. The van der Waals surface area contributed by atoms with E-state index in [1.54, 1.807) is 12.1 Å². The summed E-state index contributed by atoms with van der Waals surface area (Å²) in [5, 5.41) is 2.92. The van der Waals surface area contributed by atoms with Gasteiger partial charge >= 0.3 is 0 Å². The molecule has 0 aromatic heterocycles. The molecule has 2 aromatic rings. The number of likely N-dealkylation sites (N-methyl/N-ethyl adjacent to an activating group) is 1. The van der Waals surface area contributed by atoms with Crippen molar-refractivity contribution >= 4 is 28.7 Å². The van der Waals surface area contributed by atoms with Crippen LogP contribution in [0.4, 0.5) is 22.7 Å². The number of anilines is 4. The van der Waals surface area contributed by atoms with Crippen LogP contribution in [0.25, 0.3) is 0 Å². The predicted octanol–water partition coefficient (Wildman–Crippen LogP) is 2.16. The van der Waals surface area contributed by atoms with Gasteiger partial charge in [0.15, 0.2) is 0 Å². The third-order valence-corrected chi connectivity index (χ3v) is 4.68. The van der Waals surface area contributed by atoms with Gasteiger partial charge in [0.05, 0.1) is 16.9 Å². The topological polar surface area (TPSA) is 87.6 Å². The van der Waals surface area contributed by atoms with Crippen molar-refractivity contribution < 1.29 is 4.79 Å². The second-order valence-electron chi connectivity index (χ2n) is 6.56. The Morgan fingerprint density at radius 1 is 1.08 bits per heavy atom. The van der Waals surface area contributed by atoms with Crippen LogP contribution in [0.5, 0.6) is 0 Å². The van der Waals surface area contributed by atoms with Gasteiger partial charge in [-0.05, 0) is 43.8 Å². The van der Waals surface area contributed by atoms with E-state index in [0.717, 1.165) is 37.4 Å². The standard InChI is InChI=1S/C19H25N5O/c1-13-6-7-14(20)12-16(13)22-19(25)15-4-3-5-17(18(15)21)24-10-8-23(2)9-11-24/h3-7,12H,8-11,20-21H2,1-2H3,(H,22,25). The van der Waals surface area contributed by atoms with Gasteiger partial charge in [0.2, 0.25) is 0 Å². The molecule has 0 aliphatic carbocycles. The molecule has 1 heterocycles. The van der Waals surface area contributed by atoms with Crippen molar-refractivity contribution in [2.24, 2.45) is 0 Å². The van der Waals surface area contributed by atoms with Crippen LogP contribution in [0.1, 0.15) is 15.9 Å². The number of nitrogens with zero attached hydrogens (tertiary/aromatic N) is 2. The van der Waals surface area contributed by atoms with Crippen LogP contribution < -0.4 is 21.7 Å². The molecule has 0 spiro atoms. The molecular weight excluding hydrogens is 314 g/mol. The highest BCUT2D eigenvalue weighted by atomic mass is 16.1. The number of nitrogens with two attached hydrogens (primary N) is 2. The number of carbonyl (C=O) groups is 1. The lowest BCUT2D eigenvalue weighted by atomic mass is 10.1. The van der Waals surface area contributed by atoms with Crippen molar-refractivity contribution in [2.45, 2.75) is 6.92 Å². The fourth-order valence-electron chi connectivity index (χ4n) is 3.04. The van der Waals surface area contributed by atoms with Crippen molar-refractivity contribution in [3.63, 3.8) is 0 Å². The zero-order valence-corrected chi connectivity index (χ0v) is 14.7. The van der Waals surface area contributed by atoms with Crippen LogP contribution >= 0.6 is 0 Å². The summed E-state index contributed by atoms with van der Waals surface area (Å²) in [6.07, 6.45) is 0. The molecule has 25 heavy (non-hydrogen) atoms. The Bertz CT molecular complexity index is 781. The first-order valence-electron chi connectivity index (χ1n) is 8.45. The molecule has 6 nitrogen and oxygen atoms in total. The Kier molecular flexibility index (Phi) is 4.81. The predicted molar refractivity (Wildman–Crippen MR) is 104 cm³/mol. The number of nitrogen functional groups attached to an aromatic ring is 2. The number of para-hydroxylation sites is 1. The third kappa shape index (κ3) is 3.69. The summed E-state index contributed by atoms with van der Waals surface area (Å²) >= 11 is 0. The maximum Gasteiger partial charge on any atom is 0.257 e. The van der Waals surface area contributed by atoms with Crippen molar-refractivity contribution in [3.8, 4) is 0 Å². The summed E-state index contributed by atoms with van der Waals surface area (Å²) in [6.45, 7) is 5.70. The van der Waals surface area contributed by atoms with E-state index >= 15 is 0 Å². The summed E-state index contributed by atoms with van der Waals surface area (Å²) < 4.78 is 0. The third-order valence-electron chi connectivity index (χ3n) is 4.68. The van der Waals surface area contributed by atoms with Crippen LogP contribution in [0.3, 0.4) is 0 Å². The molecule has 1 fully saturated rings. The summed E-state index contributed by atoms with van der Waals surface area (Å²) in [7, 11) is 2.11. The number of benzene rings is 2. The molecule has 1 aliphatic rings. The number of rotatable bonds is 3. The van der Waals surface area contributed by atoms with Gasteiger partial charge in [0.1, 0.15) is 0 Å². The maximum absolute atomic E-state index is 12.7. The highest BCUT2D eigenvalue weighted by molar-refractivity contribution is 6.09. The van der Waals surface area contributed by atoms with Crippen molar-refractivity contribution in [1.82, 2.24) is 4.90 Å². The quantitative estimate of drug-likeness (QED) is 0.746. The number of hydrogen-bond donors (Lipinski definition) is 3. The molecular formula is C19H25N5O. The SMILES string of the molecule is Cc1ccc(N)cc1NC(=O)c1cccc(N2CCN(C)CC2)c1N. The average molecular weight is 339 g/mol. The second kappa shape index (κ2) is 7.03. The minimum absolute atomic E-state index is 0.220. The largest absolute Gasteiger partial charge is 0.399 e. The van der Waals surface area contributed by atoms with E-state index in [1.807, 2.05) is 31.2 Å². The minimum Gasteiger partial charge on any atom is -0.399 e. The molecule has 1 amide bonds. The van der Waals surface area contributed by atoms with Gasteiger partial charge in [-0.3, -0.25) is 4.79 Å². The smallest absolute Gasteiger partial charge is 0.257 e. The molecule has 1 saturated heterocycles. The number of piperazine rings is 1. The van der Waals surface area contributed by atoms with E-state index in [-0.39, 0.29) is 5.91 Å².